The molecule has 1 aromatic rings. The Morgan fingerprint density at radius 1 is 1.00 bits per heavy atom. The fourth-order valence-electron chi connectivity index (χ4n) is 4.98. The lowest BCUT2D eigenvalue weighted by atomic mass is 9.81. The second kappa shape index (κ2) is 11.0. The summed E-state index contributed by atoms with van der Waals surface area (Å²) in [5, 5.41) is 12.5. The first-order valence-corrected chi connectivity index (χ1v) is 11.7. The summed E-state index contributed by atoms with van der Waals surface area (Å²) in [5.41, 5.74) is 2.85. The Labute approximate surface area is 193 Å². The molecule has 3 amide bonds. The van der Waals surface area contributed by atoms with Gasteiger partial charge in [0.2, 0.25) is 17.7 Å². The summed E-state index contributed by atoms with van der Waals surface area (Å²) in [6.45, 7) is 5.29. The van der Waals surface area contributed by atoms with E-state index in [0.717, 1.165) is 18.8 Å². The molecule has 0 saturated carbocycles. The smallest absolute Gasteiger partial charge is 0.248 e. The molecular formula is C23H33N5O5. The van der Waals surface area contributed by atoms with Crippen molar-refractivity contribution < 1.29 is 24.3 Å². The van der Waals surface area contributed by atoms with Gasteiger partial charge in [-0.25, -0.2) is 5.48 Å². The normalized spacial score (nSPS) is 26.1. The third kappa shape index (κ3) is 5.63. The van der Waals surface area contributed by atoms with Gasteiger partial charge in [-0.15, -0.1) is 0 Å². The van der Waals surface area contributed by atoms with Crippen LogP contribution in [0.5, 0.6) is 0 Å². The SMILES string of the molecule is O=C(NO)[C@H]1C[C@@H](CC(=O)N2CCOCC2)CN[C@@H]1C(=O)N1CCN(c2ccccc2)CC1. The zero-order chi connectivity index (χ0) is 23.2. The predicted octanol–water partition coefficient (Wildman–Crippen LogP) is -0.316. The number of amides is 3. The molecule has 0 bridgehead atoms. The van der Waals surface area contributed by atoms with Gasteiger partial charge in [0.05, 0.1) is 25.2 Å². The Morgan fingerprint density at radius 3 is 2.36 bits per heavy atom. The van der Waals surface area contributed by atoms with Crippen LogP contribution in [0.3, 0.4) is 0 Å². The van der Waals surface area contributed by atoms with Crippen LogP contribution in [0, 0.1) is 11.8 Å². The van der Waals surface area contributed by atoms with Crippen LogP contribution in [0.2, 0.25) is 0 Å². The summed E-state index contributed by atoms with van der Waals surface area (Å²) in [7, 11) is 0. The standard InChI is InChI=1S/C23H33N5O5/c29-20(27-10-12-33-13-11-27)15-17-14-19(22(30)25-32)21(24-16-17)23(31)28-8-6-26(7-9-28)18-4-2-1-3-5-18/h1-5,17,19,21,24,32H,6-16H2,(H,25,30)/t17-,19-,21-/m0/s1. The van der Waals surface area contributed by atoms with Gasteiger partial charge in [0.25, 0.3) is 0 Å². The first-order valence-electron chi connectivity index (χ1n) is 11.7. The van der Waals surface area contributed by atoms with Gasteiger partial charge in [0.1, 0.15) is 0 Å². The van der Waals surface area contributed by atoms with Crippen LogP contribution in [0.4, 0.5) is 5.69 Å². The first-order chi connectivity index (χ1) is 16.1. The van der Waals surface area contributed by atoms with E-state index in [9.17, 15) is 19.6 Å². The van der Waals surface area contributed by atoms with Crippen molar-refractivity contribution in [1.82, 2.24) is 20.6 Å². The quantitative estimate of drug-likeness (QED) is 0.409. The minimum absolute atomic E-state index is 0.0371. The minimum atomic E-state index is -0.731. The fourth-order valence-corrected chi connectivity index (χ4v) is 4.98. The van der Waals surface area contributed by atoms with E-state index in [1.54, 1.807) is 15.3 Å². The molecule has 3 fully saturated rings. The Bertz CT molecular complexity index is 824. The highest BCUT2D eigenvalue weighted by molar-refractivity contribution is 5.90. The highest BCUT2D eigenvalue weighted by Gasteiger charge is 2.42. The lowest BCUT2D eigenvalue weighted by Gasteiger charge is -2.41. The van der Waals surface area contributed by atoms with Gasteiger partial charge in [-0.3, -0.25) is 19.6 Å². The average molecular weight is 460 g/mol. The van der Waals surface area contributed by atoms with Crippen LogP contribution in [-0.2, 0) is 19.1 Å². The average Bonchev–Trinajstić information content (AvgIpc) is 2.89. The Kier molecular flexibility index (Phi) is 7.79. The van der Waals surface area contributed by atoms with Crippen molar-refractivity contribution in [3.8, 4) is 0 Å². The zero-order valence-electron chi connectivity index (χ0n) is 18.8. The second-order valence-electron chi connectivity index (χ2n) is 8.92. The van der Waals surface area contributed by atoms with Crippen molar-refractivity contribution in [2.24, 2.45) is 11.8 Å². The third-order valence-corrected chi connectivity index (χ3v) is 6.87. The summed E-state index contributed by atoms with van der Waals surface area (Å²) in [4.78, 5) is 44.2. The van der Waals surface area contributed by atoms with Crippen molar-refractivity contribution in [3.63, 3.8) is 0 Å². The molecule has 33 heavy (non-hydrogen) atoms. The lowest BCUT2D eigenvalue weighted by molar-refractivity contribution is -0.145. The molecule has 0 radical (unpaired) electrons. The highest BCUT2D eigenvalue weighted by atomic mass is 16.5. The van der Waals surface area contributed by atoms with Crippen LogP contribution in [0.1, 0.15) is 12.8 Å². The topological polar surface area (TPSA) is 114 Å². The number of carbonyl (C=O) groups excluding carboxylic acids is 3. The summed E-state index contributed by atoms with van der Waals surface area (Å²) >= 11 is 0. The van der Waals surface area contributed by atoms with Gasteiger partial charge in [0.15, 0.2) is 0 Å². The van der Waals surface area contributed by atoms with Crippen molar-refractivity contribution in [1.29, 1.82) is 0 Å². The number of rotatable bonds is 5. The molecule has 180 valence electrons. The maximum Gasteiger partial charge on any atom is 0.248 e. The molecule has 10 nitrogen and oxygen atoms in total. The van der Waals surface area contributed by atoms with Gasteiger partial charge in [-0.1, -0.05) is 18.2 Å². The molecule has 3 aliphatic heterocycles. The molecule has 4 rings (SSSR count). The molecule has 3 heterocycles. The molecule has 0 aliphatic carbocycles. The van der Waals surface area contributed by atoms with Crippen molar-refractivity contribution in [2.75, 3.05) is 63.9 Å². The van der Waals surface area contributed by atoms with E-state index in [-0.39, 0.29) is 17.7 Å². The molecule has 3 N–H and O–H groups in total. The Balaban J connectivity index is 1.34. The van der Waals surface area contributed by atoms with Gasteiger partial charge >= 0.3 is 0 Å². The van der Waals surface area contributed by atoms with Gasteiger partial charge in [0, 0.05) is 51.4 Å². The fraction of sp³-hybridized carbons (Fsp3) is 0.609. The number of piperidine rings is 1. The number of carbonyl (C=O) groups is 3. The van der Waals surface area contributed by atoms with E-state index in [0.29, 0.717) is 58.8 Å². The highest BCUT2D eigenvalue weighted by Crippen LogP contribution is 2.27. The summed E-state index contributed by atoms with van der Waals surface area (Å²) in [6.07, 6.45) is 0.675. The number of hydrogen-bond acceptors (Lipinski definition) is 7. The van der Waals surface area contributed by atoms with E-state index in [4.69, 9.17) is 4.74 Å². The Hall–Kier alpha value is -2.69. The van der Waals surface area contributed by atoms with Crippen LogP contribution >= 0.6 is 0 Å². The summed E-state index contributed by atoms with van der Waals surface area (Å²) in [5.74, 6) is -1.50. The van der Waals surface area contributed by atoms with Crippen molar-refractivity contribution >= 4 is 23.4 Å². The number of nitrogens with one attached hydrogen (secondary N) is 2. The summed E-state index contributed by atoms with van der Waals surface area (Å²) in [6, 6.07) is 9.37. The van der Waals surface area contributed by atoms with E-state index in [2.05, 4.69) is 22.3 Å². The molecule has 3 saturated heterocycles. The number of morpholine rings is 1. The van der Waals surface area contributed by atoms with Gasteiger partial charge < -0.3 is 24.8 Å². The number of hydroxylamine groups is 1. The number of hydrogen-bond donors (Lipinski definition) is 3. The summed E-state index contributed by atoms with van der Waals surface area (Å²) < 4.78 is 5.30. The largest absolute Gasteiger partial charge is 0.378 e. The number of anilines is 1. The van der Waals surface area contributed by atoms with Crippen LogP contribution in [0.25, 0.3) is 0 Å². The number of ether oxygens (including phenoxy) is 1. The van der Waals surface area contributed by atoms with Crippen LogP contribution in [-0.4, -0.2) is 97.8 Å². The molecule has 0 unspecified atom stereocenters. The number of benzene rings is 1. The minimum Gasteiger partial charge on any atom is -0.378 e. The van der Waals surface area contributed by atoms with Gasteiger partial charge in [-0.05, 0) is 31.0 Å². The van der Waals surface area contributed by atoms with Crippen LogP contribution < -0.4 is 15.7 Å². The molecular weight excluding hydrogens is 426 g/mol. The Morgan fingerprint density at radius 2 is 1.70 bits per heavy atom. The maximum absolute atomic E-state index is 13.3. The number of piperazine rings is 1. The molecule has 1 aromatic carbocycles. The number of nitrogens with zero attached hydrogens (tertiary/aromatic N) is 3. The monoisotopic (exact) mass is 459 g/mol. The molecule has 3 aliphatic rings. The molecule has 0 spiro atoms. The van der Waals surface area contributed by atoms with Crippen LogP contribution in [0.15, 0.2) is 30.3 Å². The lowest BCUT2D eigenvalue weighted by Crippen LogP contribution is -2.61. The van der Waals surface area contributed by atoms with E-state index in [1.165, 1.54) is 0 Å². The van der Waals surface area contributed by atoms with E-state index >= 15 is 0 Å². The van der Waals surface area contributed by atoms with Gasteiger partial charge in [-0.2, -0.15) is 0 Å². The van der Waals surface area contributed by atoms with E-state index in [1.807, 2.05) is 18.2 Å². The number of para-hydroxylation sites is 1. The predicted molar refractivity (Wildman–Crippen MR) is 121 cm³/mol. The third-order valence-electron chi connectivity index (χ3n) is 6.87. The van der Waals surface area contributed by atoms with Crippen molar-refractivity contribution in [3.05, 3.63) is 30.3 Å². The maximum atomic E-state index is 13.3. The molecule has 0 aromatic heterocycles. The second-order valence-corrected chi connectivity index (χ2v) is 8.92. The first kappa shape index (κ1) is 23.5. The molecule has 10 heteroatoms. The zero-order valence-corrected chi connectivity index (χ0v) is 18.8. The molecule has 3 atom stereocenters. The van der Waals surface area contributed by atoms with E-state index < -0.39 is 17.9 Å². The van der Waals surface area contributed by atoms with Crippen molar-refractivity contribution in [2.45, 2.75) is 18.9 Å².